The highest BCUT2D eigenvalue weighted by molar-refractivity contribution is 6.12. The maximum absolute atomic E-state index is 6.22. The lowest BCUT2D eigenvalue weighted by molar-refractivity contribution is 0.669. The van der Waals surface area contributed by atoms with Gasteiger partial charge in [-0.2, -0.15) is 0 Å². The second kappa shape index (κ2) is 11.6. The standard InChI is InChI=1S/C52H32N2O/c1-2-10-39(11-3-1)53-47-15-7-4-12-41(47)43-25-21-36(30-49(43)53)37-22-26-44-42-13-5-8-16-48(42)54(50(44)31-37)40-24-20-34-28-33(18-19-35(34)29-40)38-23-27-46-45-14-6-9-17-51(45)55-52(46)32-38/h1-32H. The highest BCUT2D eigenvalue weighted by Crippen LogP contribution is 2.39. The van der Waals surface area contributed by atoms with Gasteiger partial charge < -0.3 is 13.6 Å². The van der Waals surface area contributed by atoms with Gasteiger partial charge in [-0.25, -0.2) is 0 Å². The van der Waals surface area contributed by atoms with Crippen LogP contribution in [0.1, 0.15) is 0 Å². The number of fused-ring (bicyclic) bond motifs is 10. The van der Waals surface area contributed by atoms with Crippen molar-refractivity contribution < 1.29 is 4.42 Å². The van der Waals surface area contributed by atoms with Crippen molar-refractivity contribution in [3.63, 3.8) is 0 Å². The molecular formula is C52H32N2O. The zero-order valence-electron chi connectivity index (χ0n) is 29.8. The molecule has 0 N–H and O–H groups in total. The number of nitrogens with zero attached hydrogens (tertiary/aromatic N) is 2. The fourth-order valence-electron chi connectivity index (χ4n) is 8.89. The van der Waals surface area contributed by atoms with E-state index < -0.39 is 0 Å². The van der Waals surface area contributed by atoms with Crippen LogP contribution in [0.15, 0.2) is 199 Å². The van der Waals surface area contributed by atoms with Crippen LogP contribution in [0, 0.1) is 0 Å². The maximum atomic E-state index is 6.22. The molecule has 0 amide bonds. The molecule has 0 atom stereocenters. The summed E-state index contributed by atoms with van der Waals surface area (Å²) in [5, 5.41) is 9.72. The minimum atomic E-state index is 0.915. The van der Waals surface area contributed by atoms with Gasteiger partial charge in [-0.15, -0.1) is 0 Å². The van der Waals surface area contributed by atoms with Crippen molar-refractivity contribution in [3.8, 4) is 33.6 Å². The highest BCUT2D eigenvalue weighted by atomic mass is 16.3. The molecule has 0 spiro atoms. The summed E-state index contributed by atoms with van der Waals surface area (Å²) >= 11 is 0. The molecule has 3 heteroatoms. The van der Waals surface area contributed by atoms with Gasteiger partial charge in [0.25, 0.3) is 0 Å². The maximum Gasteiger partial charge on any atom is 0.136 e. The Morgan fingerprint density at radius 1 is 0.273 bits per heavy atom. The number of rotatable bonds is 4. The Balaban J connectivity index is 0.988. The second-order valence-electron chi connectivity index (χ2n) is 14.6. The predicted molar refractivity (Wildman–Crippen MR) is 231 cm³/mol. The molecule has 0 saturated heterocycles. The molecule has 0 fully saturated rings. The van der Waals surface area contributed by atoms with Crippen molar-refractivity contribution >= 4 is 76.3 Å². The van der Waals surface area contributed by atoms with Crippen LogP contribution in [-0.4, -0.2) is 9.13 Å². The Labute approximate surface area is 316 Å². The minimum Gasteiger partial charge on any atom is -0.456 e. The van der Waals surface area contributed by atoms with E-state index in [0.717, 1.165) is 38.9 Å². The zero-order valence-corrected chi connectivity index (χ0v) is 29.8. The third-order valence-electron chi connectivity index (χ3n) is 11.5. The fraction of sp³-hybridized carbons (Fsp3) is 0. The van der Waals surface area contributed by atoms with E-state index in [2.05, 4.69) is 191 Å². The average molecular weight is 701 g/mol. The molecule has 55 heavy (non-hydrogen) atoms. The summed E-state index contributed by atoms with van der Waals surface area (Å²) in [6.45, 7) is 0. The SMILES string of the molecule is c1ccc(-n2c3ccccc3c3ccc(-c4ccc5c6ccccc6n(-c6ccc7cc(-c8ccc9c(c8)oc8ccccc89)ccc7c6)c5c4)cc32)cc1. The van der Waals surface area contributed by atoms with Crippen LogP contribution >= 0.6 is 0 Å². The first-order valence-corrected chi connectivity index (χ1v) is 18.8. The van der Waals surface area contributed by atoms with Gasteiger partial charge in [0.2, 0.25) is 0 Å². The van der Waals surface area contributed by atoms with Crippen LogP contribution in [0.5, 0.6) is 0 Å². The fourth-order valence-corrected chi connectivity index (χ4v) is 8.89. The summed E-state index contributed by atoms with van der Waals surface area (Å²) < 4.78 is 11.0. The van der Waals surface area contributed by atoms with E-state index in [1.165, 1.54) is 71.1 Å². The monoisotopic (exact) mass is 700 g/mol. The van der Waals surface area contributed by atoms with E-state index in [1.54, 1.807) is 0 Å². The van der Waals surface area contributed by atoms with E-state index in [9.17, 15) is 0 Å². The van der Waals surface area contributed by atoms with Gasteiger partial charge in [-0.05, 0) is 106 Å². The molecule has 0 aliphatic carbocycles. The molecule has 0 unspecified atom stereocenters. The molecule has 0 radical (unpaired) electrons. The first kappa shape index (κ1) is 30.1. The number of furan rings is 1. The Kier molecular flexibility index (Phi) is 6.34. The number of para-hydroxylation sites is 4. The Morgan fingerprint density at radius 3 is 1.45 bits per heavy atom. The highest BCUT2D eigenvalue weighted by Gasteiger charge is 2.17. The Bertz CT molecular complexity index is 3490. The van der Waals surface area contributed by atoms with Crippen LogP contribution in [0.25, 0.3) is 110 Å². The van der Waals surface area contributed by atoms with Crippen molar-refractivity contribution in [2.24, 2.45) is 0 Å². The molecule has 0 saturated carbocycles. The molecule has 3 nitrogen and oxygen atoms in total. The second-order valence-corrected chi connectivity index (χ2v) is 14.6. The van der Waals surface area contributed by atoms with Crippen LogP contribution < -0.4 is 0 Å². The summed E-state index contributed by atoms with van der Waals surface area (Å²) in [4.78, 5) is 0. The molecule has 3 heterocycles. The summed E-state index contributed by atoms with van der Waals surface area (Å²) in [7, 11) is 0. The molecular weight excluding hydrogens is 669 g/mol. The van der Waals surface area contributed by atoms with Gasteiger partial charge in [0.15, 0.2) is 0 Å². The number of benzene rings is 9. The summed E-state index contributed by atoms with van der Waals surface area (Å²) in [6, 6.07) is 70.4. The van der Waals surface area contributed by atoms with Gasteiger partial charge >= 0.3 is 0 Å². The molecule has 0 bridgehead atoms. The molecule has 9 aromatic carbocycles. The normalized spacial score (nSPS) is 12.0. The van der Waals surface area contributed by atoms with Crippen LogP contribution in [0.2, 0.25) is 0 Å². The molecule has 12 rings (SSSR count). The van der Waals surface area contributed by atoms with Crippen molar-refractivity contribution in [1.29, 1.82) is 0 Å². The lowest BCUT2D eigenvalue weighted by Gasteiger charge is -2.12. The van der Waals surface area contributed by atoms with Gasteiger partial charge in [0.1, 0.15) is 11.2 Å². The topological polar surface area (TPSA) is 23.0 Å². The lowest BCUT2D eigenvalue weighted by Crippen LogP contribution is -1.94. The third-order valence-corrected chi connectivity index (χ3v) is 11.5. The molecule has 0 aliphatic rings. The molecule has 3 aromatic heterocycles. The molecule has 0 aliphatic heterocycles. The van der Waals surface area contributed by atoms with Crippen LogP contribution in [0.4, 0.5) is 0 Å². The van der Waals surface area contributed by atoms with Gasteiger partial charge in [-0.3, -0.25) is 0 Å². The average Bonchev–Trinajstić information content (AvgIpc) is 3.90. The van der Waals surface area contributed by atoms with Crippen molar-refractivity contribution in [1.82, 2.24) is 9.13 Å². The molecule has 256 valence electrons. The van der Waals surface area contributed by atoms with E-state index in [0.29, 0.717) is 0 Å². The first-order chi connectivity index (χ1) is 27.2. The van der Waals surface area contributed by atoms with Crippen LogP contribution in [-0.2, 0) is 0 Å². The van der Waals surface area contributed by atoms with E-state index in [1.807, 2.05) is 12.1 Å². The summed E-state index contributed by atoms with van der Waals surface area (Å²) in [5.41, 5.74) is 13.7. The van der Waals surface area contributed by atoms with E-state index in [-0.39, 0.29) is 0 Å². The Morgan fingerprint density at radius 2 is 0.745 bits per heavy atom. The van der Waals surface area contributed by atoms with Gasteiger partial charge in [0, 0.05) is 43.7 Å². The first-order valence-electron chi connectivity index (χ1n) is 18.8. The van der Waals surface area contributed by atoms with Crippen molar-refractivity contribution in [2.45, 2.75) is 0 Å². The third kappa shape index (κ3) is 4.57. The quantitative estimate of drug-likeness (QED) is 0.179. The molecule has 12 aromatic rings. The smallest absolute Gasteiger partial charge is 0.136 e. The minimum absolute atomic E-state index is 0.915. The number of aromatic nitrogens is 2. The van der Waals surface area contributed by atoms with E-state index >= 15 is 0 Å². The van der Waals surface area contributed by atoms with E-state index in [4.69, 9.17) is 4.42 Å². The summed E-state index contributed by atoms with van der Waals surface area (Å²) in [5.74, 6) is 0. The number of hydrogen-bond donors (Lipinski definition) is 0. The lowest BCUT2D eigenvalue weighted by atomic mass is 9.99. The van der Waals surface area contributed by atoms with Gasteiger partial charge in [0.05, 0.1) is 22.1 Å². The number of hydrogen-bond acceptors (Lipinski definition) is 1. The van der Waals surface area contributed by atoms with Gasteiger partial charge in [-0.1, -0.05) is 121 Å². The van der Waals surface area contributed by atoms with Crippen molar-refractivity contribution in [2.75, 3.05) is 0 Å². The predicted octanol–water partition coefficient (Wildman–Crippen LogP) is 14.3. The zero-order chi connectivity index (χ0) is 36.0. The van der Waals surface area contributed by atoms with Crippen molar-refractivity contribution in [3.05, 3.63) is 194 Å². The largest absolute Gasteiger partial charge is 0.456 e. The summed E-state index contributed by atoms with van der Waals surface area (Å²) in [6.07, 6.45) is 0. The van der Waals surface area contributed by atoms with Crippen LogP contribution in [0.3, 0.4) is 0 Å². The Hall–Kier alpha value is -7.36.